The SMILES string of the molecule is CNc1cccc(C(N)c2ccc3[nH]c(=O)oc3c2)c1. The molecule has 0 aliphatic rings. The summed E-state index contributed by atoms with van der Waals surface area (Å²) in [7, 11) is 1.87. The van der Waals surface area contributed by atoms with Crippen LogP contribution in [0.4, 0.5) is 5.69 Å². The maximum Gasteiger partial charge on any atom is 0.417 e. The molecule has 0 amide bonds. The quantitative estimate of drug-likeness (QED) is 0.680. The van der Waals surface area contributed by atoms with Crippen molar-refractivity contribution in [3.05, 3.63) is 64.1 Å². The van der Waals surface area contributed by atoms with Crippen molar-refractivity contribution in [3.8, 4) is 0 Å². The van der Waals surface area contributed by atoms with Gasteiger partial charge in [0.25, 0.3) is 0 Å². The normalized spacial score (nSPS) is 12.5. The molecular weight excluding hydrogens is 254 g/mol. The molecule has 2 aromatic carbocycles. The number of hydrogen-bond donors (Lipinski definition) is 3. The number of oxazole rings is 1. The second-order valence-electron chi connectivity index (χ2n) is 4.62. The third-order valence-electron chi connectivity index (χ3n) is 3.34. The van der Waals surface area contributed by atoms with E-state index in [2.05, 4.69) is 10.3 Å². The van der Waals surface area contributed by atoms with Gasteiger partial charge in [-0.05, 0) is 35.4 Å². The Morgan fingerprint density at radius 1 is 1.20 bits per heavy atom. The van der Waals surface area contributed by atoms with Crippen LogP contribution in [0.3, 0.4) is 0 Å². The van der Waals surface area contributed by atoms with Gasteiger partial charge >= 0.3 is 5.76 Å². The summed E-state index contributed by atoms with van der Waals surface area (Å²) in [5.74, 6) is -0.456. The zero-order valence-corrected chi connectivity index (χ0v) is 11.0. The van der Waals surface area contributed by atoms with E-state index in [1.54, 1.807) is 12.1 Å². The average Bonchev–Trinajstić information content (AvgIpc) is 2.85. The predicted octanol–water partition coefficient (Wildman–Crippen LogP) is 2.21. The number of anilines is 1. The number of hydrogen-bond acceptors (Lipinski definition) is 4. The summed E-state index contributed by atoms with van der Waals surface area (Å²) >= 11 is 0. The predicted molar refractivity (Wildman–Crippen MR) is 78.9 cm³/mol. The van der Waals surface area contributed by atoms with Gasteiger partial charge in [-0.25, -0.2) is 4.79 Å². The van der Waals surface area contributed by atoms with Crippen LogP contribution in [0.25, 0.3) is 11.1 Å². The Hall–Kier alpha value is -2.53. The first-order valence-corrected chi connectivity index (χ1v) is 6.33. The van der Waals surface area contributed by atoms with Crippen LogP contribution in [0.1, 0.15) is 17.2 Å². The number of fused-ring (bicyclic) bond motifs is 1. The lowest BCUT2D eigenvalue weighted by Crippen LogP contribution is -2.11. The van der Waals surface area contributed by atoms with Gasteiger partial charge in [-0.3, -0.25) is 4.98 Å². The molecule has 0 saturated heterocycles. The Bertz CT molecular complexity index is 804. The lowest BCUT2D eigenvalue weighted by atomic mass is 9.99. The number of rotatable bonds is 3. The zero-order valence-electron chi connectivity index (χ0n) is 11.0. The minimum Gasteiger partial charge on any atom is -0.408 e. The molecule has 0 spiro atoms. The molecule has 0 aliphatic heterocycles. The first kappa shape index (κ1) is 12.5. The second kappa shape index (κ2) is 4.86. The first-order chi connectivity index (χ1) is 9.67. The van der Waals surface area contributed by atoms with E-state index in [0.29, 0.717) is 11.1 Å². The third-order valence-corrected chi connectivity index (χ3v) is 3.34. The van der Waals surface area contributed by atoms with Crippen LogP contribution in [0.5, 0.6) is 0 Å². The Morgan fingerprint density at radius 2 is 2.00 bits per heavy atom. The molecule has 1 unspecified atom stereocenters. The van der Waals surface area contributed by atoms with Crippen molar-refractivity contribution in [2.75, 3.05) is 12.4 Å². The van der Waals surface area contributed by atoms with Crippen molar-refractivity contribution >= 4 is 16.8 Å². The van der Waals surface area contributed by atoms with E-state index in [4.69, 9.17) is 10.2 Å². The fourth-order valence-corrected chi connectivity index (χ4v) is 2.24. The van der Waals surface area contributed by atoms with E-state index in [9.17, 15) is 4.79 Å². The number of benzene rings is 2. The number of H-pyrrole nitrogens is 1. The van der Waals surface area contributed by atoms with Gasteiger partial charge in [0.05, 0.1) is 11.6 Å². The Kier molecular flexibility index (Phi) is 3.04. The maximum atomic E-state index is 11.2. The molecule has 3 rings (SSSR count). The monoisotopic (exact) mass is 269 g/mol. The van der Waals surface area contributed by atoms with Crippen LogP contribution >= 0.6 is 0 Å². The molecule has 0 radical (unpaired) electrons. The molecule has 0 fully saturated rings. The minimum absolute atomic E-state index is 0.270. The van der Waals surface area contributed by atoms with E-state index < -0.39 is 5.76 Å². The number of nitrogens with one attached hydrogen (secondary N) is 2. The molecule has 3 aromatic rings. The van der Waals surface area contributed by atoms with Crippen molar-refractivity contribution in [2.45, 2.75) is 6.04 Å². The summed E-state index contributed by atoms with van der Waals surface area (Å²) in [6.45, 7) is 0. The van der Waals surface area contributed by atoms with Gasteiger partial charge < -0.3 is 15.5 Å². The molecular formula is C15H15N3O2. The zero-order chi connectivity index (χ0) is 14.1. The number of aromatic amines is 1. The lowest BCUT2D eigenvalue weighted by molar-refractivity contribution is 0.555. The van der Waals surface area contributed by atoms with Crippen molar-refractivity contribution in [1.82, 2.24) is 4.98 Å². The molecule has 5 heteroatoms. The molecule has 0 aliphatic carbocycles. The summed E-state index contributed by atoms with van der Waals surface area (Å²) in [4.78, 5) is 13.8. The van der Waals surface area contributed by atoms with Gasteiger partial charge in [-0.15, -0.1) is 0 Å². The van der Waals surface area contributed by atoms with E-state index in [1.165, 1.54) is 0 Å². The first-order valence-electron chi connectivity index (χ1n) is 6.33. The van der Waals surface area contributed by atoms with Crippen molar-refractivity contribution in [1.29, 1.82) is 0 Å². The highest BCUT2D eigenvalue weighted by molar-refractivity contribution is 5.73. The standard InChI is InChI=1S/C15H15N3O2/c1-17-11-4-2-3-9(7-11)14(16)10-5-6-12-13(8-10)20-15(19)18-12/h2-8,14,17H,16H2,1H3,(H,18,19). The molecule has 0 bridgehead atoms. The minimum atomic E-state index is -0.456. The molecule has 0 saturated carbocycles. The second-order valence-corrected chi connectivity index (χ2v) is 4.62. The van der Waals surface area contributed by atoms with Crippen molar-refractivity contribution in [2.24, 2.45) is 5.73 Å². The van der Waals surface area contributed by atoms with Gasteiger partial charge in [-0.2, -0.15) is 0 Å². The topological polar surface area (TPSA) is 84.0 Å². The van der Waals surface area contributed by atoms with Crippen LogP contribution in [0.15, 0.2) is 51.7 Å². The average molecular weight is 269 g/mol. The summed E-state index contributed by atoms with van der Waals surface area (Å²) in [6.07, 6.45) is 0. The molecule has 102 valence electrons. The van der Waals surface area contributed by atoms with Crippen molar-refractivity contribution < 1.29 is 4.42 Å². The van der Waals surface area contributed by atoms with Gasteiger partial charge in [0, 0.05) is 12.7 Å². The Morgan fingerprint density at radius 3 is 2.80 bits per heavy atom. The van der Waals surface area contributed by atoms with Crippen LogP contribution in [0.2, 0.25) is 0 Å². The molecule has 4 N–H and O–H groups in total. The third kappa shape index (κ3) is 2.19. The summed E-state index contributed by atoms with van der Waals surface area (Å²) in [6, 6.07) is 13.1. The van der Waals surface area contributed by atoms with Crippen molar-refractivity contribution in [3.63, 3.8) is 0 Å². The Labute approximate surface area is 115 Å². The van der Waals surface area contributed by atoms with E-state index in [-0.39, 0.29) is 6.04 Å². The summed E-state index contributed by atoms with van der Waals surface area (Å²) in [5, 5.41) is 3.09. The summed E-state index contributed by atoms with van der Waals surface area (Å²) < 4.78 is 5.06. The highest BCUT2D eigenvalue weighted by Gasteiger charge is 2.11. The van der Waals surface area contributed by atoms with E-state index >= 15 is 0 Å². The van der Waals surface area contributed by atoms with Gasteiger partial charge in [0.1, 0.15) is 0 Å². The van der Waals surface area contributed by atoms with Crippen LogP contribution < -0.4 is 16.8 Å². The summed E-state index contributed by atoms with van der Waals surface area (Å²) in [5.41, 5.74) is 10.4. The molecule has 5 nitrogen and oxygen atoms in total. The fourth-order valence-electron chi connectivity index (χ4n) is 2.24. The van der Waals surface area contributed by atoms with Gasteiger partial charge in [-0.1, -0.05) is 18.2 Å². The largest absolute Gasteiger partial charge is 0.417 e. The molecule has 20 heavy (non-hydrogen) atoms. The van der Waals surface area contributed by atoms with Crippen LogP contribution in [-0.2, 0) is 0 Å². The molecule has 1 aromatic heterocycles. The van der Waals surface area contributed by atoms with E-state index in [1.807, 2.05) is 37.4 Å². The van der Waals surface area contributed by atoms with Crippen LogP contribution in [-0.4, -0.2) is 12.0 Å². The highest BCUT2D eigenvalue weighted by Crippen LogP contribution is 2.24. The van der Waals surface area contributed by atoms with Gasteiger partial charge in [0.2, 0.25) is 0 Å². The van der Waals surface area contributed by atoms with Gasteiger partial charge in [0.15, 0.2) is 5.58 Å². The highest BCUT2D eigenvalue weighted by atomic mass is 16.4. The van der Waals surface area contributed by atoms with E-state index in [0.717, 1.165) is 16.8 Å². The smallest absolute Gasteiger partial charge is 0.408 e. The fraction of sp³-hybridized carbons (Fsp3) is 0.133. The number of nitrogens with two attached hydrogens (primary N) is 1. The maximum absolute atomic E-state index is 11.2. The lowest BCUT2D eigenvalue weighted by Gasteiger charge is -2.13. The molecule has 1 atom stereocenters. The van der Waals surface area contributed by atoms with Crippen LogP contribution in [0, 0.1) is 0 Å². The molecule has 1 heterocycles. The number of aromatic nitrogens is 1. The Balaban J connectivity index is 2.02.